The van der Waals surface area contributed by atoms with E-state index in [0.717, 1.165) is 17.9 Å². The summed E-state index contributed by atoms with van der Waals surface area (Å²) in [7, 11) is 0. The number of hydrogen-bond acceptors (Lipinski definition) is 2. The highest BCUT2D eigenvalue weighted by molar-refractivity contribution is 4.84. The largest absolute Gasteiger partial charge is 0.303 e. The zero-order valence-electron chi connectivity index (χ0n) is 11.3. The first-order valence-corrected chi connectivity index (χ1v) is 7.17. The lowest BCUT2D eigenvalue weighted by Crippen LogP contribution is -2.40. The molecule has 2 aliphatic heterocycles. The van der Waals surface area contributed by atoms with Crippen molar-refractivity contribution in [1.82, 2.24) is 9.80 Å². The van der Waals surface area contributed by atoms with E-state index in [0.29, 0.717) is 0 Å². The molecule has 0 N–H and O–H groups in total. The maximum atomic E-state index is 2.64. The summed E-state index contributed by atoms with van der Waals surface area (Å²) in [5.41, 5.74) is 0. The van der Waals surface area contributed by atoms with Crippen LogP contribution in [0.5, 0.6) is 0 Å². The molecular formula is C14H28N2. The minimum atomic E-state index is 0.747. The first-order valence-electron chi connectivity index (χ1n) is 7.17. The van der Waals surface area contributed by atoms with Gasteiger partial charge in [-0.25, -0.2) is 0 Å². The Morgan fingerprint density at radius 2 is 1.62 bits per heavy atom. The molecule has 1 unspecified atom stereocenters. The van der Waals surface area contributed by atoms with Gasteiger partial charge in [-0.2, -0.15) is 0 Å². The molecule has 16 heavy (non-hydrogen) atoms. The molecule has 1 atom stereocenters. The Kier molecular flexibility index (Phi) is 4.26. The standard InChI is InChI=1S/C14H28N2/c1-4-15-8-5-14(11-15)13-6-9-16(10-7-13)12(2)3/h12-14H,4-11H2,1-3H3. The molecule has 0 bridgehead atoms. The average Bonchev–Trinajstić information content (AvgIpc) is 2.77. The maximum Gasteiger partial charge on any atom is 0.00385 e. The van der Waals surface area contributed by atoms with E-state index in [1.54, 1.807) is 0 Å². The average molecular weight is 224 g/mol. The number of rotatable bonds is 3. The van der Waals surface area contributed by atoms with Crippen LogP contribution in [0.15, 0.2) is 0 Å². The van der Waals surface area contributed by atoms with Gasteiger partial charge in [0.15, 0.2) is 0 Å². The van der Waals surface area contributed by atoms with Gasteiger partial charge in [-0.05, 0) is 71.1 Å². The zero-order valence-corrected chi connectivity index (χ0v) is 11.3. The monoisotopic (exact) mass is 224 g/mol. The van der Waals surface area contributed by atoms with Crippen molar-refractivity contribution in [2.75, 3.05) is 32.7 Å². The van der Waals surface area contributed by atoms with Crippen molar-refractivity contribution in [3.05, 3.63) is 0 Å². The van der Waals surface area contributed by atoms with Crippen molar-refractivity contribution < 1.29 is 0 Å². The minimum absolute atomic E-state index is 0.747. The van der Waals surface area contributed by atoms with Crippen LogP contribution in [0.2, 0.25) is 0 Å². The molecule has 0 spiro atoms. The normalized spacial score (nSPS) is 30.4. The van der Waals surface area contributed by atoms with E-state index >= 15 is 0 Å². The molecule has 2 heterocycles. The summed E-state index contributed by atoms with van der Waals surface area (Å²) in [6, 6.07) is 0.747. The Balaban J connectivity index is 1.77. The Morgan fingerprint density at radius 3 is 2.12 bits per heavy atom. The van der Waals surface area contributed by atoms with Crippen LogP contribution in [0.1, 0.15) is 40.0 Å². The van der Waals surface area contributed by atoms with Gasteiger partial charge in [0, 0.05) is 12.6 Å². The first-order chi connectivity index (χ1) is 7.70. The van der Waals surface area contributed by atoms with Gasteiger partial charge in [0.25, 0.3) is 0 Å². The number of hydrogen-bond donors (Lipinski definition) is 0. The van der Waals surface area contributed by atoms with E-state index in [1.165, 1.54) is 52.0 Å². The van der Waals surface area contributed by atoms with E-state index in [9.17, 15) is 0 Å². The summed E-state index contributed by atoms with van der Waals surface area (Å²) in [5.74, 6) is 2.03. The van der Waals surface area contributed by atoms with Crippen molar-refractivity contribution in [1.29, 1.82) is 0 Å². The van der Waals surface area contributed by atoms with Crippen LogP contribution in [0.25, 0.3) is 0 Å². The summed E-state index contributed by atoms with van der Waals surface area (Å²) < 4.78 is 0. The molecule has 0 radical (unpaired) electrons. The fourth-order valence-corrected chi connectivity index (χ4v) is 3.44. The molecule has 0 saturated carbocycles. The third kappa shape index (κ3) is 2.78. The molecule has 2 fully saturated rings. The second-order valence-corrected chi connectivity index (χ2v) is 5.91. The van der Waals surface area contributed by atoms with Crippen LogP contribution in [0, 0.1) is 11.8 Å². The SMILES string of the molecule is CCN1CCC(C2CCN(C(C)C)CC2)C1. The lowest BCUT2D eigenvalue weighted by Gasteiger charge is -2.37. The summed E-state index contributed by atoms with van der Waals surface area (Å²) in [6.45, 7) is 13.6. The molecule has 2 aliphatic rings. The van der Waals surface area contributed by atoms with Crippen LogP contribution in [0.3, 0.4) is 0 Å². The lowest BCUT2D eigenvalue weighted by molar-refractivity contribution is 0.121. The molecule has 0 aliphatic carbocycles. The van der Waals surface area contributed by atoms with Gasteiger partial charge < -0.3 is 9.80 Å². The molecule has 2 nitrogen and oxygen atoms in total. The Morgan fingerprint density at radius 1 is 1.00 bits per heavy atom. The fraction of sp³-hybridized carbons (Fsp3) is 1.00. The first kappa shape index (κ1) is 12.4. The summed E-state index contributed by atoms with van der Waals surface area (Å²) in [6.07, 6.45) is 4.35. The number of likely N-dealkylation sites (tertiary alicyclic amines) is 2. The van der Waals surface area contributed by atoms with Crippen molar-refractivity contribution in [2.24, 2.45) is 11.8 Å². The van der Waals surface area contributed by atoms with E-state index in [1.807, 2.05) is 0 Å². The number of piperidine rings is 1. The second kappa shape index (κ2) is 5.50. The van der Waals surface area contributed by atoms with E-state index in [2.05, 4.69) is 30.6 Å². The van der Waals surface area contributed by atoms with Gasteiger partial charge in [-0.15, -0.1) is 0 Å². The molecule has 94 valence electrons. The van der Waals surface area contributed by atoms with E-state index in [4.69, 9.17) is 0 Å². The highest BCUT2D eigenvalue weighted by Gasteiger charge is 2.31. The van der Waals surface area contributed by atoms with Crippen molar-refractivity contribution in [3.63, 3.8) is 0 Å². The highest BCUT2D eigenvalue weighted by atomic mass is 15.2. The minimum Gasteiger partial charge on any atom is -0.303 e. The van der Waals surface area contributed by atoms with Crippen LogP contribution in [-0.4, -0.2) is 48.6 Å². The smallest absolute Gasteiger partial charge is 0.00385 e. The van der Waals surface area contributed by atoms with Crippen molar-refractivity contribution in [2.45, 2.75) is 46.1 Å². The van der Waals surface area contributed by atoms with Gasteiger partial charge in [0.05, 0.1) is 0 Å². The topological polar surface area (TPSA) is 6.48 Å². The fourth-order valence-electron chi connectivity index (χ4n) is 3.44. The Bertz CT molecular complexity index is 207. The highest BCUT2D eigenvalue weighted by Crippen LogP contribution is 2.32. The molecular weight excluding hydrogens is 196 g/mol. The molecule has 2 heteroatoms. The molecule has 0 amide bonds. The third-order valence-corrected chi connectivity index (χ3v) is 4.73. The predicted octanol–water partition coefficient (Wildman–Crippen LogP) is 2.45. The van der Waals surface area contributed by atoms with Gasteiger partial charge in [0.1, 0.15) is 0 Å². The predicted molar refractivity (Wildman–Crippen MR) is 69.7 cm³/mol. The summed E-state index contributed by atoms with van der Waals surface area (Å²) in [5, 5.41) is 0. The van der Waals surface area contributed by atoms with Crippen LogP contribution < -0.4 is 0 Å². The lowest BCUT2D eigenvalue weighted by atomic mass is 9.83. The maximum absolute atomic E-state index is 2.64. The quantitative estimate of drug-likeness (QED) is 0.726. The molecule has 2 saturated heterocycles. The van der Waals surface area contributed by atoms with Gasteiger partial charge in [-0.1, -0.05) is 6.92 Å². The molecule has 0 aromatic heterocycles. The van der Waals surface area contributed by atoms with Gasteiger partial charge in [0.2, 0.25) is 0 Å². The van der Waals surface area contributed by atoms with Crippen LogP contribution in [-0.2, 0) is 0 Å². The Hall–Kier alpha value is -0.0800. The summed E-state index contributed by atoms with van der Waals surface area (Å²) in [4.78, 5) is 5.27. The summed E-state index contributed by atoms with van der Waals surface area (Å²) >= 11 is 0. The van der Waals surface area contributed by atoms with Gasteiger partial charge >= 0.3 is 0 Å². The van der Waals surface area contributed by atoms with Gasteiger partial charge in [-0.3, -0.25) is 0 Å². The van der Waals surface area contributed by atoms with Crippen LogP contribution in [0.4, 0.5) is 0 Å². The molecule has 2 rings (SSSR count). The molecule has 0 aromatic rings. The van der Waals surface area contributed by atoms with Crippen molar-refractivity contribution in [3.8, 4) is 0 Å². The number of nitrogens with zero attached hydrogens (tertiary/aromatic N) is 2. The second-order valence-electron chi connectivity index (χ2n) is 5.91. The Labute approximate surface area is 101 Å². The zero-order chi connectivity index (χ0) is 11.5. The third-order valence-electron chi connectivity index (χ3n) is 4.73. The van der Waals surface area contributed by atoms with E-state index in [-0.39, 0.29) is 0 Å². The van der Waals surface area contributed by atoms with E-state index < -0.39 is 0 Å². The molecule has 0 aromatic carbocycles. The van der Waals surface area contributed by atoms with Crippen molar-refractivity contribution >= 4 is 0 Å². The van der Waals surface area contributed by atoms with Crippen LogP contribution >= 0.6 is 0 Å².